The van der Waals surface area contributed by atoms with Crippen molar-refractivity contribution >= 4 is 6.09 Å². The molecule has 0 unspecified atom stereocenters. The van der Waals surface area contributed by atoms with Crippen LogP contribution in [0.15, 0.2) is 41.5 Å². The van der Waals surface area contributed by atoms with Gasteiger partial charge in [-0.15, -0.1) is 0 Å². The van der Waals surface area contributed by atoms with E-state index in [1.54, 1.807) is 18.2 Å². The zero-order chi connectivity index (χ0) is 16.2. The van der Waals surface area contributed by atoms with Gasteiger partial charge in [-0.25, -0.2) is 4.79 Å². The molecule has 124 valence electrons. The molecule has 1 aromatic carbocycles. The molecule has 0 aromatic heterocycles. The van der Waals surface area contributed by atoms with Gasteiger partial charge in [0.25, 0.3) is 0 Å². The Bertz CT molecular complexity index is 574. The normalized spacial score (nSPS) is 19.5. The summed E-state index contributed by atoms with van der Waals surface area (Å²) < 4.78 is 0. The lowest BCUT2D eigenvalue weighted by Crippen LogP contribution is -2.45. The summed E-state index contributed by atoms with van der Waals surface area (Å²) in [7, 11) is 1.69. The van der Waals surface area contributed by atoms with Gasteiger partial charge in [-0.1, -0.05) is 41.5 Å². The number of piperidine rings is 1. The molecule has 0 radical (unpaired) electrons. The van der Waals surface area contributed by atoms with Gasteiger partial charge in [0.15, 0.2) is 0 Å². The minimum absolute atomic E-state index is 0.183. The standard InChI is InChI=1S/C19H26N2O2/c1-20(19(22)23)18-9-11-21(12-10-18)14-17-8-7-16(17)13-15-5-3-2-4-6-15/h2-6,18H,7-14H2,1H3,(H,22,23). The van der Waals surface area contributed by atoms with Crippen molar-refractivity contribution in [3.8, 4) is 0 Å². The Morgan fingerprint density at radius 1 is 1.17 bits per heavy atom. The molecule has 1 fully saturated rings. The minimum atomic E-state index is -0.810. The minimum Gasteiger partial charge on any atom is -0.465 e. The second-order valence-corrected chi connectivity index (χ2v) is 6.77. The molecule has 1 N–H and O–H groups in total. The molecule has 1 amide bonds. The van der Waals surface area contributed by atoms with Crippen molar-refractivity contribution in [2.24, 2.45) is 0 Å². The average molecular weight is 314 g/mol. The highest BCUT2D eigenvalue weighted by atomic mass is 16.4. The molecule has 23 heavy (non-hydrogen) atoms. The van der Waals surface area contributed by atoms with Crippen LogP contribution in [0, 0.1) is 0 Å². The second-order valence-electron chi connectivity index (χ2n) is 6.77. The fraction of sp³-hybridized carbons (Fsp3) is 0.526. The molecule has 0 bridgehead atoms. The number of rotatable bonds is 5. The lowest BCUT2D eigenvalue weighted by atomic mass is 9.84. The van der Waals surface area contributed by atoms with E-state index in [1.807, 2.05) is 0 Å². The molecular formula is C19H26N2O2. The van der Waals surface area contributed by atoms with Crippen molar-refractivity contribution in [2.75, 3.05) is 26.7 Å². The van der Waals surface area contributed by atoms with E-state index in [9.17, 15) is 4.79 Å². The monoisotopic (exact) mass is 314 g/mol. The fourth-order valence-corrected chi connectivity index (χ4v) is 3.62. The van der Waals surface area contributed by atoms with Gasteiger partial charge < -0.3 is 10.0 Å². The number of carboxylic acid groups (broad SMARTS) is 1. The second kappa shape index (κ2) is 7.18. The molecule has 1 heterocycles. The number of nitrogens with zero attached hydrogens (tertiary/aromatic N) is 2. The van der Waals surface area contributed by atoms with Crippen LogP contribution in [0.2, 0.25) is 0 Å². The smallest absolute Gasteiger partial charge is 0.407 e. The summed E-state index contributed by atoms with van der Waals surface area (Å²) in [5, 5.41) is 9.07. The first-order valence-corrected chi connectivity index (χ1v) is 8.55. The van der Waals surface area contributed by atoms with Crippen LogP contribution in [0.1, 0.15) is 31.2 Å². The number of allylic oxidation sites excluding steroid dienone is 1. The number of carbonyl (C=O) groups is 1. The third-order valence-corrected chi connectivity index (χ3v) is 5.31. The van der Waals surface area contributed by atoms with E-state index < -0.39 is 6.09 Å². The maximum Gasteiger partial charge on any atom is 0.407 e. The molecule has 4 heteroatoms. The predicted octanol–water partition coefficient (Wildman–Crippen LogP) is 3.39. The van der Waals surface area contributed by atoms with E-state index in [4.69, 9.17) is 5.11 Å². The first-order chi connectivity index (χ1) is 11.1. The Kier molecular flexibility index (Phi) is 5.01. The summed E-state index contributed by atoms with van der Waals surface area (Å²) in [6.07, 6.45) is 4.65. The van der Waals surface area contributed by atoms with Crippen molar-refractivity contribution in [3.05, 3.63) is 47.0 Å². The molecular weight excluding hydrogens is 288 g/mol. The van der Waals surface area contributed by atoms with E-state index in [1.165, 1.54) is 23.3 Å². The highest BCUT2D eigenvalue weighted by Gasteiger charge is 2.27. The summed E-state index contributed by atoms with van der Waals surface area (Å²) >= 11 is 0. The SMILES string of the molecule is CN(C(=O)O)C1CCN(CC2=C(Cc3ccccc3)CC2)CC1. The lowest BCUT2D eigenvalue weighted by molar-refractivity contribution is 0.107. The molecule has 4 nitrogen and oxygen atoms in total. The largest absolute Gasteiger partial charge is 0.465 e. The number of hydrogen-bond acceptors (Lipinski definition) is 2. The third-order valence-electron chi connectivity index (χ3n) is 5.31. The first kappa shape index (κ1) is 16.1. The summed E-state index contributed by atoms with van der Waals surface area (Å²) in [6, 6.07) is 10.9. The molecule has 2 aliphatic rings. The third kappa shape index (κ3) is 3.94. The first-order valence-electron chi connectivity index (χ1n) is 8.55. The van der Waals surface area contributed by atoms with Crippen LogP contribution in [0.3, 0.4) is 0 Å². The summed E-state index contributed by atoms with van der Waals surface area (Å²) in [5.74, 6) is 0. The van der Waals surface area contributed by atoms with Gasteiger partial charge in [0.2, 0.25) is 0 Å². The quantitative estimate of drug-likeness (QED) is 0.847. The van der Waals surface area contributed by atoms with E-state index >= 15 is 0 Å². The van der Waals surface area contributed by atoms with E-state index in [0.29, 0.717) is 0 Å². The highest BCUT2D eigenvalue weighted by Crippen LogP contribution is 2.32. The average Bonchev–Trinajstić information content (AvgIpc) is 2.57. The van der Waals surface area contributed by atoms with Crippen molar-refractivity contribution in [3.63, 3.8) is 0 Å². The van der Waals surface area contributed by atoms with Crippen LogP contribution >= 0.6 is 0 Å². The van der Waals surface area contributed by atoms with Crippen LogP contribution in [0.25, 0.3) is 0 Å². The summed E-state index contributed by atoms with van der Waals surface area (Å²) in [6.45, 7) is 3.08. The molecule has 0 spiro atoms. The molecule has 1 saturated heterocycles. The molecule has 1 aliphatic carbocycles. The van der Waals surface area contributed by atoms with Gasteiger partial charge >= 0.3 is 6.09 Å². The topological polar surface area (TPSA) is 43.8 Å². The number of amides is 1. The van der Waals surface area contributed by atoms with Crippen molar-refractivity contribution in [1.82, 2.24) is 9.80 Å². The van der Waals surface area contributed by atoms with Gasteiger partial charge in [0.1, 0.15) is 0 Å². The van der Waals surface area contributed by atoms with Gasteiger partial charge in [0, 0.05) is 32.7 Å². The molecule has 3 rings (SSSR count). The fourth-order valence-electron chi connectivity index (χ4n) is 3.62. The maximum atomic E-state index is 11.0. The van der Waals surface area contributed by atoms with Crippen LogP contribution in [0.5, 0.6) is 0 Å². The van der Waals surface area contributed by atoms with Crippen molar-refractivity contribution < 1.29 is 9.90 Å². The lowest BCUT2D eigenvalue weighted by Gasteiger charge is -2.37. The van der Waals surface area contributed by atoms with Gasteiger partial charge in [-0.2, -0.15) is 0 Å². The molecule has 1 aromatic rings. The molecule has 0 atom stereocenters. The Balaban J connectivity index is 1.51. The van der Waals surface area contributed by atoms with Crippen LogP contribution < -0.4 is 0 Å². The maximum absolute atomic E-state index is 11.0. The Hall–Kier alpha value is -1.81. The van der Waals surface area contributed by atoms with Crippen molar-refractivity contribution in [2.45, 2.75) is 38.1 Å². The summed E-state index contributed by atoms with van der Waals surface area (Å²) in [4.78, 5) is 15.0. The predicted molar refractivity (Wildman–Crippen MR) is 91.7 cm³/mol. The van der Waals surface area contributed by atoms with E-state index in [-0.39, 0.29) is 6.04 Å². The number of likely N-dealkylation sites (tertiary alicyclic amines) is 1. The molecule has 0 saturated carbocycles. The Morgan fingerprint density at radius 3 is 2.39 bits per heavy atom. The Morgan fingerprint density at radius 2 is 1.83 bits per heavy atom. The van der Waals surface area contributed by atoms with Crippen LogP contribution in [-0.2, 0) is 6.42 Å². The van der Waals surface area contributed by atoms with Gasteiger partial charge in [0.05, 0.1) is 0 Å². The van der Waals surface area contributed by atoms with Gasteiger partial charge in [-0.3, -0.25) is 4.90 Å². The zero-order valence-electron chi connectivity index (χ0n) is 13.9. The van der Waals surface area contributed by atoms with Crippen molar-refractivity contribution in [1.29, 1.82) is 0 Å². The van der Waals surface area contributed by atoms with Gasteiger partial charge in [-0.05, 0) is 37.7 Å². The molecule has 1 aliphatic heterocycles. The van der Waals surface area contributed by atoms with Crippen LogP contribution in [0.4, 0.5) is 4.79 Å². The number of hydrogen-bond donors (Lipinski definition) is 1. The Labute approximate surface area is 138 Å². The van der Waals surface area contributed by atoms with Crippen LogP contribution in [-0.4, -0.2) is 53.7 Å². The highest BCUT2D eigenvalue weighted by molar-refractivity contribution is 5.64. The zero-order valence-corrected chi connectivity index (χ0v) is 13.9. The van der Waals surface area contributed by atoms with E-state index in [2.05, 4.69) is 35.2 Å². The number of benzene rings is 1. The summed E-state index contributed by atoms with van der Waals surface area (Å²) in [5.41, 5.74) is 4.63. The van der Waals surface area contributed by atoms with E-state index in [0.717, 1.165) is 38.9 Å².